The Labute approximate surface area is 132 Å². The number of hydrogen-bond donors (Lipinski definition) is 1. The van der Waals surface area contributed by atoms with Gasteiger partial charge in [0.15, 0.2) is 0 Å². The molecule has 0 saturated heterocycles. The molecule has 4 nitrogen and oxygen atoms in total. The van der Waals surface area contributed by atoms with Gasteiger partial charge in [-0.2, -0.15) is 5.26 Å². The van der Waals surface area contributed by atoms with Gasteiger partial charge in [-0.05, 0) is 42.3 Å². The van der Waals surface area contributed by atoms with Gasteiger partial charge in [0.2, 0.25) is 0 Å². The Bertz CT molecular complexity index is 793. The smallest absolute Gasteiger partial charge is 0.261 e. The lowest BCUT2D eigenvalue weighted by atomic mass is 10.2. The van der Waals surface area contributed by atoms with Crippen molar-refractivity contribution in [2.75, 3.05) is 4.72 Å². The summed E-state index contributed by atoms with van der Waals surface area (Å²) in [6, 6.07) is 13.6. The number of nitrogens with zero attached hydrogens (tertiary/aromatic N) is 1. The minimum Gasteiger partial charge on any atom is -0.280 e. The predicted molar refractivity (Wildman–Crippen MR) is 85.4 cm³/mol. The molecule has 0 amide bonds. The molecule has 0 bridgehead atoms. The number of benzene rings is 2. The Morgan fingerprint density at radius 1 is 1.19 bits per heavy atom. The van der Waals surface area contributed by atoms with Crippen LogP contribution in [0.5, 0.6) is 0 Å². The van der Waals surface area contributed by atoms with Crippen molar-refractivity contribution in [3.05, 3.63) is 58.1 Å². The average molecular weight is 365 g/mol. The molecule has 0 atom stereocenters. The molecule has 0 heterocycles. The zero-order valence-corrected chi connectivity index (χ0v) is 13.7. The van der Waals surface area contributed by atoms with Crippen LogP contribution in [0.15, 0.2) is 51.8 Å². The summed E-state index contributed by atoms with van der Waals surface area (Å²) in [5.41, 5.74) is 2.31. The van der Waals surface area contributed by atoms with Crippen LogP contribution in [0.3, 0.4) is 0 Å². The minimum atomic E-state index is -3.63. The molecular weight excluding hydrogens is 352 g/mol. The zero-order valence-electron chi connectivity index (χ0n) is 11.3. The summed E-state index contributed by atoms with van der Waals surface area (Å²) in [6.45, 7) is 1.93. The number of anilines is 1. The van der Waals surface area contributed by atoms with Crippen molar-refractivity contribution in [2.45, 2.75) is 18.2 Å². The van der Waals surface area contributed by atoms with Crippen molar-refractivity contribution in [1.29, 1.82) is 5.26 Å². The van der Waals surface area contributed by atoms with Gasteiger partial charge in [0.25, 0.3) is 10.0 Å². The van der Waals surface area contributed by atoms with Gasteiger partial charge in [-0.25, -0.2) is 8.42 Å². The average Bonchev–Trinajstić information content (AvgIpc) is 2.44. The van der Waals surface area contributed by atoms with Gasteiger partial charge in [0.05, 0.1) is 17.4 Å². The molecule has 0 fully saturated rings. The maximum atomic E-state index is 12.3. The number of nitrogens with one attached hydrogen (secondary N) is 1. The standard InChI is InChI=1S/C15H13BrN2O2S/c1-11-2-5-13(10-15(11)16)18-21(19,20)14-6-3-12(4-7-14)8-9-17/h2-7,10,18H,8H2,1H3. The maximum Gasteiger partial charge on any atom is 0.261 e. The molecule has 0 saturated carbocycles. The van der Waals surface area contributed by atoms with E-state index in [1.165, 1.54) is 12.1 Å². The third-order valence-corrected chi connectivity index (χ3v) is 5.19. The molecule has 21 heavy (non-hydrogen) atoms. The molecule has 0 aromatic heterocycles. The second-order valence-electron chi connectivity index (χ2n) is 4.55. The molecule has 6 heteroatoms. The molecule has 2 rings (SSSR count). The normalized spacial score (nSPS) is 10.9. The fourth-order valence-corrected chi connectivity index (χ4v) is 3.18. The van der Waals surface area contributed by atoms with E-state index < -0.39 is 10.0 Å². The Kier molecular flexibility index (Phi) is 4.66. The second-order valence-corrected chi connectivity index (χ2v) is 7.09. The number of rotatable bonds is 4. The van der Waals surface area contributed by atoms with Gasteiger partial charge in [0.1, 0.15) is 0 Å². The maximum absolute atomic E-state index is 12.3. The topological polar surface area (TPSA) is 70.0 Å². The molecule has 2 aromatic carbocycles. The zero-order chi connectivity index (χ0) is 15.5. The number of hydrogen-bond acceptors (Lipinski definition) is 3. The Hall–Kier alpha value is -1.84. The first-order valence-corrected chi connectivity index (χ1v) is 8.45. The first-order chi connectivity index (χ1) is 9.92. The van der Waals surface area contributed by atoms with Crippen LogP contribution >= 0.6 is 15.9 Å². The van der Waals surface area contributed by atoms with Crippen molar-refractivity contribution in [2.24, 2.45) is 0 Å². The van der Waals surface area contributed by atoms with Crippen LogP contribution in [0.4, 0.5) is 5.69 Å². The van der Waals surface area contributed by atoms with Crippen molar-refractivity contribution in [1.82, 2.24) is 0 Å². The molecule has 0 aliphatic rings. The van der Waals surface area contributed by atoms with Crippen LogP contribution in [-0.4, -0.2) is 8.42 Å². The lowest BCUT2D eigenvalue weighted by molar-refractivity contribution is 0.601. The van der Waals surface area contributed by atoms with Crippen molar-refractivity contribution >= 4 is 31.6 Å². The summed E-state index contributed by atoms with van der Waals surface area (Å²) < 4.78 is 27.9. The monoisotopic (exact) mass is 364 g/mol. The molecule has 2 aromatic rings. The van der Waals surface area contributed by atoms with Crippen LogP contribution < -0.4 is 4.72 Å². The third kappa shape index (κ3) is 3.84. The first-order valence-electron chi connectivity index (χ1n) is 6.17. The summed E-state index contributed by atoms with van der Waals surface area (Å²) in [7, 11) is -3.63. The molecule has 108 valence electrons. The summed E-state index contributed by atoms with van der Waals surface area (Å²) in [5, 5.41) is 8.61. The van der Waals surface area contributed by atoms with E-state index in [1.807, 2.05) is 19.1 Å². The van der Waals surface area contributed by atoms with Crippen molar-refractivity contribution in [3.8, 4) is 6.07 Å². The van der Waals surface area contributed by atoms with Crippen LogP contribution in [0.25, 0.3) is 0 Å². The molecule has 0 unspecified atom stereocenters. The highest BCUT2D eigenvalue weighted by molar-refractivity contribution is 9.10. The lowest BCUT2D eigenvalue weighted by Gasteiger charge is -2.09. The first kappa shape index (κ1) is 15.5. The van der Waals surface area contributed by atoms with Crippen LogP contribution in [-0.2, 0) is 16.4 Å². The van der Waals surface area contributed by atoms with E-state index in [1.54, 1.807) is 24.3 Å². The van der Waals surface area contributed by atoms with E-state index in [-0.39, 0.29) is 11.3 Å². The fourth-order valence-electron chi connectivity index (χ4n) is 1.75. The minimum absolute atomic E-state index is 0.167. The van der Waals surface area contributed by atoms with E-state index in [2.05, 4.69) is 20.7 Å². The van der Waals surface area contributed by atoms with Gasteiger partial charge >= 0.3 is 0 Å². The van der Waals surface area contributed by atoms with Crippen molar-refractivity contribution < 1.29 is 8.42 Å². The summed E-state index contributed by atoms with van der Waals surface area (Å²) in [5.74, 6) is 0. The summed E-state index contributed by atoms with van der Waals surface area (Å²) >= 11 is 3.37. The highest BCUT2D eigenvalue weighted by Gasteiger charge is 2.14. The van der Waals surface area contributed by atoms with E-state index >= 15 is 0 Å². The number of nitriles is 1. The number of sulfonamides is 1. The Morgan fingerprint density at radius 2 is 1.86 bits per heavy atom. The van der Waals surface area contributed by atoms with E-state index in [4.69, 9.17) is 5.26 Å². The SMILES string of the molecule is Cc1ccc(NS(=O)(=O)c2ccc(CC#N)cc2)cc1Br. The van der Waals surface area contributed by atoms with Gasteiger partial charge in [-0.3, -0.25) is 4.72 Å². The van der Waals surface area contributed by atoms with Crippen LogP contribution in [0.1, 0.15) is 11.1 Å². The molecule has 0 aliphatic heterocycles. The van der Waals surface area contributed by atoms with Gasteiger partial charge in [-0.1, -0.05) is 34.1 Å². The summed E-state index contributed by atoms with van der Waals surface area (Å²) in [6.07, 6.45) is 0.263. The fraction of sp³-hybridized carbons (Fsp3) is 0.133. The third-order valence-electron chi connectivity index (χ3n) is 2.94. The van der Waals surface area contributed by atoms with Crippen LogP contribution in [0.2, 0.25) is 0 Å². The number of halogens is 1. The highest BCUT2D eigenvalue weighted by atomic mass is 79.9. The van der Waals surface area contributed by atoms with E-state index in [0.717, 1.165) is 15.6 Å². The van der Waals surface area contributed by atoms with Crippen LogP contribution in [0, 0.1) is 18.3 Å². The number of aryl methyl sites for hydroxylation is 1. The molecule has 0 spiro atoms. The molecular formula is C15H13BrN2O2S. The largest absolute Gasteiger partial charge is 0.280 e. The highest BCUT2D eigenvalue weighted by Crippen LogP contribution is 2.23. The lowest BCUT2D eigenvalue weighted by Crippen LogP contribution is -2.13. The predicted octanol–water partition coefficient (Wildman–Crippen LogP) is 3.62. The van der Waals surface area contributed by atoms with Crippen molar-refractivity contribution in [3.63, 3.8) is 0 Å². The summed E-state index contributed by atoms with van der Waals surface area (Å²) in [4.78, 5) is 0.167. The molecule has 1 N–H and O–H groups in total. The van der Waals surface area contributed by atoms with Gasteiger partial charge < -0.3 is 0 Å². The Morgan fingerprint density at radius 3 is 2.43 bits per heavy atom. The van der Waals surface area contributed by atoms with Gasteiger partial charge in [0, 0.05) is 10.2 Å². The van der Waals surface area contributed by atoms with Gasteiger partial charge in [-0.15, -0.1) is 0 Å². The van der Waals surface area contributed by atoms with E-state index in [9.17, 15) is 8.42 Å². The molecule has 0 radical (unpaired) electrons. The Balaban J connectivity index is 2.25. The second kappa shape index (κ2) is 6.29. The van der Waals surface area contributed by atoms with E-state index in [0.29, 0.717) is 5.69 Å². The molecule has 0 aliphatic carbocycles. The quantitative estimate of drug-likeness (QED) is 0.900.